The average molecular weight is 257 g/mol. The summed E-state index contributed by atoms with van der Waals surface area (Å²) >= 11 is 5.62. The monoisotopic (exact) mass is 257 g/mol. The van der Waals surface area contributed by atoms with Crippen LogP contribution in [0.25, 0.3) is 0 Å². The predicted molar refractivity (Wildman–Crippen MR) is 72.5 cm³/mol. The van der Waals surface area contributed by atoms with Crippen LogP contribution in [0.1, 0.15) is 37.4 Å². The summed E-state index contributed by atoms with van der Waals surface area (Å²) in [5, 5.41) is 4.84. The van der Waals surface area contributed by atoms with Crippen LogP contribution in [-0.2, 0) is 0 Å². The van der Waals surface area contributed by atoms with Crippen molar-refractivity contribution in [3.63, 3.8) is 0 Å². The molecule has 0 saturated carbocycles. The Bertz CT molecular complexity index is 369. The molecule has 0 bridgehead atoms. The molecular formula is C12H19NOS2. The molecule has 1 heterocycles. The highest BCUT2D eigenvalue weighted by atomic mass is 32.1. The quantitative estimate of drug-likeness (QED) is 0.795. The molecule has 1 rings (SSSR count). The second kappa shape index (κ2) is 5.23. The van der Waals surface area contributed by atoms with E-state index in [1.165, 1.54) is 11.3 Å². The predicted octanol–water partition coefficient (Wildman–Crippen LogP) is 3.45. The molecule has 0 fully saturated rings. The molecule has 0 saturated heterocycles. The molecule has 0 spiro atoms. The number of thiol groups is 1. The highest BCUT2D eigenvalue weighted by Gasteiger charge is 2.23. The lowest BCUT2D eigenvalue weighted by molar-refractivity contribution is 0.0929. The zero-order valence-electron chi connectivity index (χ0n) is 10.2. The van der Waals surface area contributed by atoms with Crippen LogP contribution in [0.5, 0.6) is 0 Å². The molecular weight excluding hydrogens is 238 g/mol. The van der Waals surface area contributed by atoms with Gasteiger partial charge in [-0.1, -0.05) is 27.7 Å². The van der Waals surface area contributed by atoms with Gasteiger partial charge < -0.3 is 5.32 Å². The second-order valence-corrected chi connectivity index (χ2v) is 6.42. The molecule has 0 unspecified atom stereocenters. The van der Waals surface area contributed by atoms with E-state index in [9.17, 15) is 4.79 Å². The van der Waals surface area contributed by atoms with Crippen LogP contribution in [0.3, 0.4) is 0 Å². The van der Waals surface area contributed by atoms with Crippen molar-refractivity contribution in [3.05, 3.63) is 16.3 Å². The van der Waals surface area contributed by atoms with Gasteiger partial charge in [-0.05, 0) is 17.4 Å². The smallest absolute Gasteiger partial charge is 0.261 e. The zero-order chi connectivity index (χ0) is 12.3. The normalized spacial score (nSPS) is 11.9. The number of carbonyl (C=O) groups is 1. The van der Waals surface area contributed by atoms with E-state index in [4.69, 9.17) is 0 Å². The van der Waals surface area contributed by atoms with Gasteiger partial charge in [0.1, 0.15) is 0 Å². The first kappa shape index (κ1) is 13.6. The van der Waals surface area contributed by atoms with Gasteiger partial charge in [-0.3, -0.25) is 4.79 Å². The van der Waals surface area contributed by atoms with Crippen molar-refractivity contribution in [2.45, 2.75) is 32.6 Å². The molecule has 1 amide bonds. The molecule has 0 aliphatic heterocycles. The van der Waals surface area contributed by atoms with Crippen LogP contribution >= 0.6 is 24.0 Å². The standard InChI is InChI=1S/C12H19NOS2/c1-8(2)12(3,4)7-13-11(14)10-5-9(15)6-16-10/h5-6,8,15H,7H2,1-4H3,(H,13,14). The Balaban J connectivity index is 2.54. The lowest BCUT2D eigenvalue weighted by Crippen LogP contribution is -2.36. The van der Waals surface area contributed by atoms with Gasteiger partial charge in [-0.15, -0.1) is 24.0 Å². The van der Waals surface area contributed by atoms with E-state index < -0.39 is 0 Å². The minimum Gasteiger partial charge on any atom is -0.351 e. The molecule has 4 heteroatoms. The molecule has 16 heavy (non-hydrogen) atoms. The lowest BCUT2D eigenvalue weighted by atomic mass is 9.81. The van der Waals surface area contributed by atoms with Crippen molar-refractivity contribution in [2.24, 2.45) is 11.3 Å². The van der Waals surface area contributed by atoms with Gasteiger partial charge in [0.15, 0.2) is 0 Å². The van der Waals surface area contributed by atoms with E-state index in [1.807, 2.05) is 5.38 Å². The van der Waals surface area contributed by atoms with Crippen molar-refractivity contribution < 1.29 is 4.79 Å². The Morgan fingerprint density at radius 2 is 2.19 bits per heavy atom. The Hall–Kier alpha value is -0.480. The molecule has 2 nitrogen and oxygen atoms in total. The summed E-state index contributed by atoms with van der Waals surface area (Å²) in [6.07, 6.45) is 0. The SMILES string of the molecule is CC(C)C(C)(C)CNC(=O)c1cc(S)cs1. The number of amides is 1. The summed E-state index contributed by atoms with van der Waals surface area (Å²) in [5.41, 5.74) is 0.122. The number of nitrogens with one attached hydrogen (secondary N) is 1. The fraction of sp³-hybridized carbons (Fsp3) is 0.583. The highest BCUT2D eigenvalue weighted by molar-refractivity contribution is 7.80. The number of rotatable bonds is 4. The minimum atomic E-state index is -0.000903. The van der Waals surface area contributed by atoms with Gasteiger partial charge >= 0.3 is 0 Å². The van der Waals surface area contributed by atoms with Crippen molar-refractivity contribution in [3.8, 4) is 0 Å². The van der Waals surface area contributed by atoms with Crippen molar-refractivity contribution in [2.75, 3.05) is 6.54 Å². The van der Waals surface area contributed by atoms with E-state index in [0.717, 1.165) is 9.77 Å². The van der Waals surface area contributed by atoms with Crippen molar-refractivity contribution in [1.82, 2.24) is 5.32 Å². The van der Waals surface area contributed by atoms with E-state index in [0.29, 0.717) is 12.5 Å². The summed E-state index contributed by atoms with van der Waals surface area (Å²) in [6.45, 7) is 9.36. The Morgan fingerprint density at radius 3 is 2.62 bits per heavy atom. The fourth-order valence-corrected chi connectivity index (χ4v) is 2.11. The maximum absolute atomic E-state index is 11.8. The van der Waals surface area contributed by atoms with Crippen LogP contribution < -0.4 is 5.32 Å². The van der Waals surface area contributed by atoms with Crippen LogP contribution in [0.4, 0.5) is 0 Å². The van der Waals surface area contributed by atoms with Crippen LogP contribution in [0.2, 0.25) is 0 Å². The van der Waals surface area contributed by atoms with Crippen LogP contribution in [0.15, 0.2) is 16.3 Å². The summed E-state index contributed by atoms with van der Waals surface area (Å²) in [4.78, 5) is 13.4. The lowest BCUT2D eigenvalue weighted by Gasteiger charge is -2.29. The van der Waals surface area contributed by atoms with Gasteiger partial charge in [-0.2, -0.15) is 0 Å². The largest absolute Gasteiger partial charge is 0.351 e. The van der Waals surface area contributed by atoms with Gasteiger partial charge in [0.25, 0.3) is 5.91 Å². The molecule has 1 N–H and O–H groups in total. The minimum absolute atomic E-state index is 0.000903. The van der Waals surface area contributed by atoms with Gasteiger partial charge in [0, 0.05) is 16.8 Å². The number of carbonyl (C=O) groups excluding carboxylic acids is 1. The topological polar surface area (TPSA) is 29.1 Å². The molecule has 0 aromatic carbocycles. The Morgan fingerprint density at radius 1 is 1.56 bits per heavy atom. The second-order valence-electron chi connectivity index (χ2n) is 5.00. The van der Waals surface area contributed by atoms with E-state index in [1.54, 1.807) is 6.07 Å². The molecule has 0 aliphatic rings. The summed E-state index contributed by atoms with van der Waals surface area (Å²) in [6, 6.07) is 1.80. The summed E-state index contributed by atoms with van der Waals surface area (Å²) < 4.78 is 0. The maximum Gasteiger partial charge on any atom is 0.261 e. The van der Waals surface area contributed by atoms with Crippen molar-refractivity contribution >= 4 is 29.9 Å². The van der Waals surface area contributed by atoms with E-state index in [2.05, 4.69) is 45.6 Å². The third-order valence-corrected chi connectivity index (χ3v) is 4.44. The molecule has 90 valence electrons. The third kappa shape index (κ3) is 3.52. The van der Waals surface area contributed by atoms with Crippen LogP contribution in [-0.4, -0.2) is 12.5 Å². The van der Waals surface area contributed by atoms with Gasteiger partial charge in [0.05, 0.1) is 4.88 Å². The zero-order valence-corrected chi connectivity index (χ0v) is 11.9. The van der Waals surface area contributed by atoms with E-state index >= 15 is 0 Å². The first-order chi connectivity index (χ1) is 7.33. The maximum atomic E-state index is 11.8. The molecule has 1 aromatic heterocycles. The van der Waals surface area contributed by atoms with Crippen LogP contribution in [0, 0.1) is 11.3 Å². The Kier molecular flexibility index (Phi) is 4.44. The Labute approximate surface area is 107 Å². The molecule has 0 aliphatic carbocycles. The summed E-state index contributed by atoms with van der Waals surface area (Å²) in [5.74, 6) is 0.538. The third-order valence-electron chi connectivity index (χ3n) is 3.08. The van der Waals surface area contributed by atoms with Gasteiger partial charge in [0.2, 0.25) is 0 Å². The molecule has 0 radical (unpaired) electrons. The average Bonchev–Trinajstić information content (AvgIpc) is 2.61. The first-order valence-corrected chi connectivity index (χ1v) is 6.71. The first-order valence-electron chi connectivity index (χ1n) is 5.38. The highest BCUT2D eigenvalue weighted by Crippen LogP contribution is 2.25. The molecule has 0 atom stereocenters. The summed E-state index contributed by atoms with van der Waals surface area (Å²) in [7, 11) is 0. The van der Waals surface area contributed by atoms with Crippen molar-refractivity contribution in [1.29, 1.82) is 0 Å². The number of hydrogen-bond acceptors (Lipinski definition) is 3. The fourth-order valence-electron chi connectivity index (χ4n) is 1.04. The van der Waals surface area contributed by atoms with Gasteiger partial charge in [-0.25, -0.2) is 0 Å². The molecule has 1 aromatic rings. The number of thiophene rings is 1. The number of hydrogen-bond donors (Lipinski definition) is 2. The van der Waals surface area contributed by atoms with E-state index in [-0.39, 0.29) is 11.3 Å².